The zero-order valence-corrected chi connectivity index (χ0v) is 11.7. The molecule has 0 atom stereocenters. The summed E-state index contributed by atoms with van der Waals surface area (Å²) in [5.74, 6) is 0. The monoisotopic (exact) mass is 276 g/mol. The summed E-state index contributed by atoms with van der Waals surface area (Å²) in [4.78, 5) is 4.00. The van der Waals surface area contributed by atoms with E-state index in [-0.39, 0.29) is 32.7 Å². The van der Waals surface area contributed by atoms with E-state index < -0.39 is 0 Å². The molecule has 0 saturated carbocycles. The van der Waals surface area contributed by atoms with E-state index in [0.29, 0.717) is 0 Å². The molecule has 0 radical (unpaired) electrons. The molecule has 3 heteroatoms. The van der Waals surface area contributed by atoms with Gasteiger partial charge >= 0.3 is 32.7 Å². The van der Waals surface area contributed by atoms with Crippen LogP contribution in [0.2, 0.25) is 0 Å². The van der Waals surface area contributed by atoms with Gasteiger partial charge in [0.25, 0.3) is 0 Å². The Bertz CT molecular complexity index is 295. The molecule has 1 aliphatic rings. The number of hydrogen-bond donors (Lipinski definition) is 1. The third-order valence-corrected chi connectivity index (χ3v) is 1.82. The van der Waals surface area contributed by atoms with Crippen LogP contribution in [0.25, 0.3) is 0 Å². The van der Waals surface area contributed by atoms with E-state index in [1.54, 1.807) is 0 Å². The van der Waals surface area contributed by atoms with Gasteiger partial charge in [-0.2, -0.15) is 11.6 Å². The molecule has 15 heavy (non-hydrogen) atoms. The molecule has 1 heterocycles. The van der Waals surface area contributed by atoms with E-state index >= 15 is 0 Å². The Morgan fingerprint density at radius 2 is 1.93 bits per heavy atom. The van der Waals surface area contributed by atoms with E-state index in [1.807, 2.05) is 18.2 Å². The second-order valence-corrected chi connectivity index (χ2v) is 2.84. The zero-order chi connectivity index (χ0) is 10.2. The van der Waals surface area contributed by atoms with E-state index in [1.165, 1.54) is 5.56 Å². The first kappa shape index (κ1) is 15.0. The van der Waals surface area contributed by atoms with Crippen LogP contribution in [0.5, 0.6) is 0 Å². The van der Waals surface area contributed by atoms with Crippen molar-refractivity contribution in [3.8, 4) is 0 Å². The minimum Gasteiger partial charge on any atom is -0.376 e. The molecule has 2 rings (SSSR count). The summed E-state index contributed by atoms with van der Waals surface area (Å²) in [6.07, 6.45) is 2.93. The molecule has 2 nitrogen and oxygen atoms in total. The molecular formula is C12H15N2Y. The predicted molar refractivity (Wildman–Crippen MR) is 60.3 cm³/mol. The fourth-order valence-corrected chi connectivity index (χ4v) is 1.10. The van der Waals surface area contributed by atoms with Crippen molar-refractivity contribution in [3.05, 3.63) is 49.2 Å². The van der Waals surface area contributed by atoms with Crippen molar-refractivity contribution in [1.29, 1.82) is 0 Å². The molecule has 0 spiro atoms. The average Bonchev–Trinajstić information content (AvgIpc) is 2.67. The first-order valence-corrected chi connectivity index (χ1v) is 4.68. The van der Waals surface area contributed by atoms with Crippen LogP contribution < -0.4 is 5.32 Å². The van der Waals surface area contributed by atoms with E-state index in [9.17, 15) is 0 Å². The number of rotatable bonds is 2. The van der Waals surface area contributed by atoms with Gasteiger partial charge in [-0.25, -0.2) is 0 Å². The third-order valence-electron chi connectivity index (χ3n) is 1.82. The van der Waals surface area contributed by atoms with Crippen molar-refractivity contribution in [2.75, 3.05) is 13.1 Å². The number of hydrogen-bond acceptors (Lipinski definition) is 2. The van der Waals surface area contributed by atoms with Crippen molar-refractivity contribution in [1.82, 2.24) is 5.32 Å². The molecule has 1 N–H and O–H groups in total. The maximum Gasteiger partial charge on any atom is 3.00 e. The Balaban J connectivity index is 0.000000289. The fourth-order valence-electron chi connectivity index (χ4n) is 1.10. The SMILES string of the molecule is [C-]1=NCc2ccccc21.[CH2-]CNC[CH2-].[Y+3]. The maximum absolute atomic E-state index is 4.00. The van der Waals surface area contributed by atoms with Crippen LogP contribution >= 0.6 is 0 Å². The van der Waals surface area contributed by atoms with E-state index in [2.05, 4.69) is 36.4 Å². The molecule has 1 aromatic rings. The van der Waals surface area contributed by atoms with Crippen LogP contribution in [0.3, 0.4) is 0 Å². The Hall–Kier alpha value is -0.0461. The molecular weight excluding hydrogens is 261 g/mol. The molecule has 0 aromatic heterocycles. The second kappa shape index (κ2) is 9.20. The molecule has 0 bridgehead atoms. The van der Waals surface area contributed by atoms with Crippen LogP contribution in [0, 0.1) is 13.8 Å². The molecule has 0 unspecified atom stereocenters. The van der Waals surface area contributed by atoms with Crippen LogP contribution in [0.15, 0.2) is 29.3 Å². The van der Waals surface area contributed by atoms with Gasteiger partial charge in [0.1, 0.15) is 0 Å². The van der Waals surface area contributed by atoms with E-state index in [0.717, 1.165) is 25.2 Å². The van der Waals surface area contributed by atoms with Gasteiger partial charge < -0.3 is 24.2 Å². The van der Waals surface area contributed by atoms with Crippen molar-refractivity contribution in [2.24, 2.45) is 4.99 Å². The van der Waals surface area contributed by atoms with Gasteiger partial charge in [-0.3, -0.25) is 0 Å². The minimum absolute atomic E-state index is 0. The molecule has 1 aliphatic heterocycles. The Kier molecular flexibility index (Phi) is 9.17. The smallest absolute Gasteiger partial charge is 0.376 e. The molecule has 0 saturated heterocycles. The molecule has 0 aliphatic carbocycles. The number of benzene rings is 1. The molecule has 0 amide bonds. The molecule has 0 fully saturated rings. The largest absolute Gasteiger partial charge is 3.00 e. The molecule has 1 aromatic carbocycles. The summed E-state index contributed by atoms with van der Waals surface area (Å²) in [5.41, 5.74) is 2.44. The number of nitrogens with zero attached hydrogens (tertiary/aromatic N) is 1. The predicted octanol–water partition coefficient (Wildman–Crippen LogP) is 1.74. The summed E-state index contributed by atoms with van der Waals surface area (Å²) in [6, 6.07) is 8.15. The maximum atomic E-state index is 4.00. The molecule has 76 valence electrons. The van der Waals surface area contributed by atoms with Crippen molar-refractivity contribution >= 4 is 6.21 Å². The number of aliphatic imine (C=N–C) groups is 1. The Labute approximate surface area is 117 Å². The standard InChI is InChI=1S/C8H6N.C4H9N.Y/c1-2-4-8-6-9-5-7(8)3-1;1-3-5-4-2;/h1-4H,5H2;5H,1-4H2;/q-1;-2;+3. The van der Waals surface area contributed by atoms with Gasteiger partial charge in [-0.1, -0.05) is 12.3 Å². The van der Waals surface area contributed by atoms with Gasteiger partial charge in [0.05, 0.1) is 0 Å². The summed E-state index contributed by atoms with van der Waals surface area (Å²) in [6.45, 7) is 9.43. The zero-order valence-electron chi connectivity index (χ0n) is 8.87. The number of fused-ring (bicyclic) bond motifs is 1. The summed E-state index contributed by atoms with van der Waals surface area (Å²) in [5, 5.41) is 2.89. The van der Waals surface area contributed by atoms with E-state index in [4.69, 9.17) is 0 Å². The summed E-state index contributed by atoms with van der Waals surface area (Å²) in [7, 11) is 0. The quantitative estimate of drug-likeness (QED) is 0.817. The van der Waals surface area contributed by atoms with Crippen LogP contribution in [0.4, 0.5) is 0 Å². The Morgan fingerprint density at radius 3 is 2.47 bits per heavy atom. The van der Waals surface area contributed by atoms with Gasteiger partial charge in [0.15, 0.2) is 0 Å². The van der Waals surface area contributed by atoms with Crippen molar-refractivity contribution in [2.45, 2.75) is 6.54 Å². The van der Waals surface area contributed by atoms with Crippen molar-refractivity contribution < 1.29 is 32.7 Å². The average molecular weight is 276 g/mol. The normalized spacial score (nSPS) is 11.1. The van der Waals surface area contributed by atoms with Gasteiger partial charge in [0, 0.05) is 6.54 Å². The third kappa shape index (κ3) is 5.55. The minimum atomic E-state index is 0. The first-order chi connectivity index (χ1) is 6.88. The second-order valence-electron chi connectivity index (χ2n) is 2.84. The first-order valence-electron chi connectivity index (χ1n) is 4.68. The van der Waals surface area contributed by atoms with Gasteiger partial charge in [0.2, 0.25) is 0 Å². The Morgan fingerprint density at radius 1 is 1.27 bits per heavy atom. The van der Waals surface area contributed by atoms with Gasteiger partial charge in [-0.05, 0) is 0 Å². The summed E-state index contributed by atoms with van der Waals surface area (Å²) >= 11 is 0. The topological polar surface area (TPSA) is 24.4 Å². The van der Waals surface area contributed by atoms with Crippen LogP contribution in [0.1, 0.15) is 11.1 Å². The van der Waals surface area contributed by atoms with Crippen molar-refractivity contribution in [3.63, 3.8) is 0 Å². The van der Waals surface area contributed by atoms with Crippen LogP contribution in [-0.2, 0) is 39.3 Å². The summed E-state index contributed by atoms with van der Waals surface area (Å²) < 4.78 is 0. The number of nitrogens with one attached hydrogen (secondary N) is 1. The van der Waals surface area contributed by atoms with Gasteiger partial charge in [-0.15, -0.1) is 30.8 Å². The fraction of sp³-hybridized carbons (Fsp3) is 0.250. The van der Waals surface area contributed by atoms with Crippen LogP contribution in [-0.4, -0.2) is 19.3 Å².